The van der Waals surface area contributed by atoms with E-state index < -0.39 is 0 Å². The van der Waals surface area contributed by atoms with Gasteiger partial charge in [0.15, 0.2) is 17.0 Å². The average Bonchev–Trinajstić information content (AvgIpc) is 3.08. The molecular weight excluding hydrogens is 324 g/mol. The van der Waals surface area contributed by atoms with Crippen LogP contribution in [0.3, 0.4) is 0 Å². The molecule has 0 bridgehead atoms. The molecule has 1 aromatic carbocycles. The molecule has 0 unspecified atom stereocenters. The summed E-state index contributed by atoms with van der Waals surface area (Å²) < 4.78 is 27.3. The first-order valence-electron chi connectivity index (χ1n) is 7.95. The highest BCUT2D eigenvalue weighted by atomic mass is 16.5. The lowest BCUT2D eigenvalue weighted by Gasteiger charge is -2.10. The second-order valence-corrected chi connectivity index (χ2v) is 5.13. The number of hydrogen-bond acceptors (Lipinski definition) is 7. The number of ether oxygens (including phenoxy) is 4. The molecule has 0 spiro atoms. The fourth-order valence-corrected chi connectivity index (χ4v) is 2.32. The Labute approximate surface area is 145 Å². The van der Waals surface area contributed by atoms with E-state index in [0.29, 0.717) is 48.4 Å². The number of fused-ring (bicyclic) bond motifs is 1. The van der Waals surface area contributed by atoms with Crippen molar-refractivity contribution in [3.8, 4) is 28.7 Å². The van der Waals surface area contributed by atoms with Gasteiger partial charge in [-0.2, -0.15) is 0 Å². The van der Waals surface area contributed by atoms with Gasteiger partial charge >= 0.3 is 0 Å². The summed E-state index contributed by atoms with van der Waals surface area (Å²) >= 11 is 0. The molecule has 0 aliphatic rings. The van der Waals surface area contributed by atoms with E-state index in [1.54, 1.807) is 20.4 Å². The van der Waals surface area contributed by atoms with Crippen molar-refractivity contribution in [1.29, 1.82) is 0 Å². The molecule has 132 valence electrons. The molecule has 0 fully saturated rings. The van der Waals surface area contributed by atoms with Crippen molar-refractivity contribution in [1.82, 2.24) is 9.97 Å². The lowest BCUT2D eigenvalue weighted by molar-refractivity contribution is 0.143. The molecule has 25 heavy (non-hydrogen) atoms. The molecule has 2 heterocycles. The van der Waals surface area contributed by atoms with Crippen molar-refractivity contribution in [2.45, 2.75) is 6.92 Å². The van der Waals surface area contributed by atoms with Gasteiger partial charge in [-0.15, -0.1) is 0 Å². The minimum atomic E-state index is 0.396. The predicted octanol–water partition coefficient (Wildman–Crippen LogP) is 3.32. The Morgan fingerprint density at radius 1 is 1.04 bits per heavy atom. The molecule has 0 N–H and O–H groups in total. The molecule has 0 radical (unpaired) electrons. The van der Waals surface area contributed by atoms with Crippen LogP contribution in [0.15, 0.2) is 34.9 Å². The van der Waals surface area contributed by atoms with Crippen LogP contribution in [-0.4, -0.2) is 44.0 Å². The number of pyridine rings is 1. The van der Waals surface area contributed by atoms with E-state index in [9.17, 15) is 0 Å². The largest absolute Gasteiger partial charge is 0.497 e. The van der Waals surface area contributed by atoms with Gasteiger partial charge in [0.25, 0.3) is 5.71 Å². The first kappa shape index (κ1) is 17.0. The van der Waals surface area contributed by atoms with Crippen LogP contribution in [0.2, 0.25) is 0 Å². The lowest BCUT2D eigenvalue weighted by atomic mass is 10.2. The fraction of sp³-hybridized carbons (Fsp3) is 0.333. The van der Waals surface area contributed by atoms with Gasteiger partial charge in [0, 0.05) is 12.7 Å². The Balaban J connectivity index is 1.98. The maximum absolute atomic E-state index is 5.77. The van der Waals surface area contributed by atoms with E-state index in [1.165, 1.54) is 0 Å². The van der Waals surface area contributed by atoms with Gasteiger partial charge in [-0.05, 0) is 31.2 Å². The Morgan fingerprint density at radius 2 is 1.84 bits per heavy atom. The van der Waals surface area contributed by atoms with Crippen molar-refractivity contribution in [3.63, 3.8) is 0 Å². The maximum Gasteiger partial charge on any atom is 0.251 e. The molecular formula is C18H20N2O5. The highest BCUT2D eigenvalue weighted by molar-refractivity contribution is 5.81. The van der Waals surface area contributed by atoms with Crippen LogP contribution in [0, 0.1) is 0 Å². The highest BCUT2D eigenvalue weighted by Gasteiger charge is 2.18. The fourth-order valence-electron chi connectivity index (χ4n) is 2.32. The molecule has 7 nitrogen and oxygen atoms in total. The van der Waals surface area contributed by atoms with Gasteiger partial charge in [-0.25, -0.2) is 9.97 Å². The van der Waals surface area contributed by atoms with Crippen molar-refractivity contribution in [2.75, 3.05) is 34.0 Å². The lowest BCUT2D eigenvalue weighted by Crippen LogP contribution is -2.06. The normalized spacial score (nSPS) is 10.8. The van der Waals surface area contributed by atoms with Gasteiger partial charge in [0.1, 0.15) is 12.4 Å². The number of rotatable bonds is 8. The first-order chi connectivity index (χ1) is 12.3. The number of aromatic nitrogens is 2. The Kier molecular flexibility index (Phi) is 5.35. The first-order valence-corrected chi connectivity index (χ1v) is 7.95. The SMILES string of the molecule is CCOc1c(OCCOC)cnc2oc(-c3ccc(OC)cc3)nc12. The van der Waals surface area contributed by atoms with Gasteiger partial charge in [0.2, 0.25) is 5.89 Å². The zero-order valence-corrected chi connectivity index (χ0v) is 14.4. The second kappa shape index (κ2) is 7.85. The molecule has 2 aromatic heterocycles. The van der Waals surface area contributed by atoms with Crippen LogP contribution in [0.1, 0.15) is 6.92 Å². The summed E-state index contributed by atoms with van der Waals surface area (Å²) in [5, 5.41) is 0. The van der Waals surface area contributed by atoms with E-state index in [-0.39, 0.29) is 0 Å². The van der Waals surface area contributed by atoms with Crippen LogP contribution in [0.5, 0.6) is 17.2 Å². The third-order valence-electron chi connectivity index (χ3n) is 3.52. The standard InChI is InChI=1S/C18H20N2O5/c1-4-23-16-14(24-10-9-21-2)11-19-18-15(16)20-17(25-18)12-5-7-13(22-3)8-6-12/h5-8,11H,4,9-10H2,1-3H3. The number of oxazole rings is 1. The zero-order chi connectivity index (χ0) is 17.6. The second-order valence-electron chi connectivity index (χ2n) is 5.13. The Morgan fingerprint density at radius 3 is 2.52 bits per heavy atom. The summed E-state index contributed by atoms with van der Waals surface area (Å²) in [6.45, 7) is 3.24. The van der Waals surface area contributed by atoms with Crippen molar-refractivity contribution >= 4 is 11.2 Å². The molecule has 0 aliphatic carbocycles. The summed E-state index contributed by atoms with van der Waals surface area (Å²) in [6, 6.07) is 7.44. The zero-order valence-electron chi connectivity index (χ0n) is 14.4. The molecule has 0 aliphatic heterocycles. The molecule has 3 aromatic rings. The van der Waals surface area contributed by atoms with Crippen molar-refractivity contribution in [3.05, 3.63) is 30.5 Å². The Bertz CT molecular complexity index is 829. The molecule has 3 rings (SSSR count). The van der Waals surface area contributed by atoms with E-state index in [2.05, 4.69) is 9.97 Å². The van der Waals surface area contributed by atoms with Crippen LogP contribution < -0.4 is 14.2 Å². The predicted molar refractivity (Wildman–Crippen MR) is 92.3 cm³/mol. The number of hydrogen-bond donors (Lipinski definition) is 0. The summed E-state index contributed by atoms with van der Waals surface area (Å²) in [5.74, 6) is 2.26. The van der Waals surface area contributed by atoms with E-state index in [4.69, 9.17) is 23.4 Å². The molecule has 7 heteroatoms. The van der Waals surface area contributed by atoms with Crippen molar-refractivity contribution in [2.24, 2.45) is 0 Å². The number of benzene rings is 1. The summed E-state index contributed by atoms with van der Waals surface area (Å²) in [6.07, 6.45) is 1.58. The van der Waals surface area contributed by atoms with E-state index in [1.807, 2.05) is 31.2 Å². The van der Waals surface area contributed by atoms with Gasteiger partial charge < -0.3 is 23.4 Å². The molecule has 0 amide bonds. The van der Waals surface area contributed by atoms with Crippen LogP contribution >= 0.6 is 0 Å². The third-order valence-corrected chi connectivity index (χ3v) is 3.52. The van der Waals surface area contributed by atoms with Gasteiger partial charge in [0.05, 0.1) is 26.5 Å². The summed E-state index contributed by atoms with van der Waals surface area (Å²) in [7, 11) is 3.24. The Hall–Kier alpha value is -2.80. The number of methoxy groups -OCH3 is 2. The minimum absolute atomic E-state index is 0.396. The molecule has 0 saturated carbocycles. The third kappa shape index (κ3) is 3.66. The van der Waals surface area contributed by atoms with Gasteiger partial charge in [-0.3, -0.25) is 0 Å². The van der Waals surface area contributed by atoms with Crippen molar-refractivity contribution < 1.29 is 23.4 Å². The smallest absolute Gasteiger partial charge is 0.251 e. The monoisotopic (exact) mass is 344 g/mol. The molecule has 0 saturated heterocycles. The maximum atomic E-state index is 5.77. The quantitative estimate of drug-likeness (QED) is 0.580. The van der Waals surface area contributed by atoms with Gasteiger partial charge in [-0.1, -0.05) is 0 Å². The molecule has 0 atom stereocenters. The minimum Gasteiger partial charge on any atom is -0.497 e. The van der Waals surface area contributed by atoms with Crippen LogP contribution in [0.4, 0.5) is 0 Å². The van der Waals surface area contributed by atoms with E-state index >= 15 is 0 Å². The topological polar surface area (TPSA) is 75.8 Å². The summed E-state index contributed by atoms with van der Waals surface area (Å²) in [5.41, 5.74) is 1.75. The highest BCUT2D eigenvalue weighted by Crippen LogP contribution is 2.36. The average molecular weight is 344 g/mol. The van der Waals surface area contributed by atoms with E-state index in [0.717, 1.165) is 11.3 Å². The van der Waals surface area contributed by atoms with Crippen LogP contribution in [0.25, 0.3) is 22.7 Å². The summed E-state index contributed by atoms with van der Waals surface area (Å²) in [4.78, 5) is 8.82. The van der Waals surface area contributed by atoms with Crippen LogP contribution in [-0.2, 0) is 4.74 Å². The number of nitrogens with zero attached hydrogens (tertiary/aromatic N) is 2.